The Morgan fingerprint density at radius 2 is 2.19 bits per heavy atom. The molecule has 0 aliphatic carbocycles. The number of rotatable bonds is 6. The Balaban J connectivity index is 1.90. The van der Waals surface area contributed by atoms with Gasteiger partial charge < -0.3 is 20.3 Å². The molecule has 1 amide bonds. The molecule has 2 aromatic rings. The van der Waals surface area contributed by atoms with Gasteiger partial charge in [-0.1, -0.05) is 16.8 Å². The zero-order chi connectivity index (χ0) is 15.2. The number of carbonyl (C=O) groups excluding carboxylic acids is 1. The van der Waals surface area contributed by atoms with Crippen molar-refractivity contribution in [2.75, 3.05) is 11.9 Å². The maximum absolute atomic E-state index is 11.7. The van der Waals surface area contributed by atoms with Gasteiger partial charge in [0, 0.05) is 0 Å². The molecule has 21 heavy (non-hydrogen) atoms. The van der Waals surface area contributed by atoms with Gasteiger partial charge in [-0.2, -0.15) is 4.98 Å². The van der Waals surface area contributed by atoms with Crippen LogP contribution in [0.25, 0.3) is 0 Å². The van der Waals surface area contributed by atoms with Gasteiger partial charge >= 0.3 is 5.97 Å². The van der Waals surface area contributed by atoms with Crippen LogP contribution in [0.15, 0.2) is 29.1 Å². The van der Waals surface area contributed by atoms with Gasteiger partial charge in [-0.05, 0) is 18.2 Å². The molecule has 3 N–H and O–H groups in total. The molecule has 1 aromatic carbocycles. The van der Waals surface area contributed by atoms with Crippen molar-refractivity contribution in [3.05, 3.63) is 41.0 Å². The first-order chi connectivity index (χ1) is 10.1. The second kappa shape index (κ2) is 6.82. The minimum atomic E-state index is -1.10. The van der Waals surface area contributed by atoms with Crippen molar-refractivity contribution in [1.82, 2.24) is 15.5 Å². The van der Waals surface area contributed by atoms with E-state index in [0.717, 1.165) is 0 Å². The van der Waals surface area contributed by atoms with Crippen molar-refractivity contribution in [2.24, 2.45) is 0 Å². The van der Waals surface area contributed by atoms with Crippen molar-refractivity contribution in [2.45, 2.75) is 6.54 Å². The van der Waals surface area contributed by atoms with Crippen LogP contribution in [0.2, 0.25) is 5.02 Å². The molecule has 0 atom stereocenters. The lowest BCUT2D eigenvalue weighted by Gasteiger charge is -2.08. The fourth-order valence-corrected chi connectivity index (χ4v) is 1.67. The SMILES string of the molecule is O=C(CNCc1ncon1)Nc1cc(C(=O)O)ccc1Cl. The number of aromatic carboxylic acids is 1. The highest BCUT2D eigenvalue weighted by Gasteiger charge is 2.10. The second-order valence-electron chi connectivity index (χ2n) is 4.00. The van der Waals surface area contributed by atoms with Crippen molar-refractivity contribution in [3.63, 3.8) is 0 Å². The van der Waals surface area contributed by atoms with Gasteiger partial charge in [-0.15, -0.1) is 0 Å². The molecule has 1 heterocycles. The van der Waals surface area contributed by atoms with Crippen LogP contribution in [0, 0.1) is 0 Å². The predicted octanol–water partition coefficient (Wildman–Crippen LogP) is 1.15. The fourth-order valence-electron chi connectivity index (χ4n) is 1.51. The van der Waals surface area contributed by atoms with Crippen LogP contribution in [-0.2, 0) is 11.3 Å². The van der Waals surface area contributed by atoms with Gasteiger partial charge in [0.2, 0.25) is 12.3 Å². The number of aromatic nitrogens is 2. The maximum atomic E-state index is 11.7. The topological polar surface area (TPSA) is 117 Å². The summed E-state index contributed by atoms with van der Waals surface area (Å²) in [5, 5.41) is 18.1. The number of halogens is 1. The summed E-state index contributed by atoms with van der Waals surface area (Å²) in [4.78, 5) is 26.4. The molecule has 2 rings (SSSR count). The zero-order valence-electron chi connectivity index (χ0n) is 10.7. The average molecular weight is 311 g/mol. The first kappa shape index (κ1) is 14.9. The molecule has 0 radical (unpaired) electrons. The molecule has 8 nitrogen and oxygen atoms in total. The smallest absolute Gasteiger partial charge is 0.335 e. The Hall–Kier alpha value is -2.45. The third-order valence-electron chi connectivity index (χ3n) is 2.46. The monoisotopic (exact) mass is 310 g/mol. The second-order valence-corrected chi connectivity index (χ2v) is 4.41. The highest BCUT2D eigenvalue weighted by molar-refractivity contribution is 6.33. The molecule has 0 aliphatic rings. The molecule has 0 saturated carbocycles. The van der Waals surface area contributed by atoms with E-state index in [2.05, 4.69) is 25.3 Å². The van der Waals surface area contributed by atoms with Crippen LogP contribution in [0.5, 0.6) is 0 Å². The number of hydrogen-bond acceptors (Lipinski definition) is 6. The van der Waals surface area contributed by atoms with E-state index in [-0.39, 0.29) is 35.3 Å². The summed E-state index contributed by atoms with van der Waals surface area (Å²) in [7, 11) is 0. The number of carboxylic acids is 1. The molecule has 9 heteroatoms. The third kappa shape index (κ3) is 4.26. The van der Waals surface area contributed by atoms with Gasteiger partial charge in [0.25, 0.3) is 0 Å². The standard InChI is InChI=1S/C12H11ClN4O4/c13-8-2-1-7(12(19)20)3-9(8)16-11(18)5-14-4-10-15-6-21-17-10/h1-3,6,14H,4-5H2,(H,16,18)(H,19,20). The van der Waals surface area contributed by atoms with E-state index < -0.39 is 5.97 Å². The van der Waals surface area contributed by atoms with Gasteiger partial charge in [0.15, 0.2) is 5.82 Å². The Morgan fingerprint density at radius 3 is 2.86 bits per heavy atom. The molecule has 0 fully saturated rings. The number of benzene rings is 1. The molecule has 1 aromatic heterocycles. The highest BCUT2D eigenvalue weighted by Crippen LogP contribution is 2.22. The predicted molar refractivity (Wildman–Crippen MR) is 73.0 cm³/mol. The fraction of sp³-hybridized carbons (Fsp3) is 0.167. The minimum Gasteiger partial charge on any atom is -0.478 e. The Morgan fingerprint density at radius 1 is 1.38 bits per heavy atom. The molecular formula is C12H11ClN4O4. The summed E-state index contributed by atoms with van der Waals surface area (Å²) in [6, 6.07) is 4.06. The molecular weight excluding hydrogens is 300 g/mol. The van der Waals surface area contributed by atoms with Gasteiger partial charge in [-0.3, -0.25) is 4.79 Å². The largest absolute Gasteiger partial charge is 0.478 e. The van der Waals surface area contributed by atoms with Gasteiger partial charge in [0.1, 0.15) is 0 Å². The highest BCUT2D eigenvalue weighted by atomic mass is 35.5. The summed E-state index contributed by atoms with van der Waals surface area (Å²) in [6.45, 7) is 0.259. The maximum Gasteiger partial charge on any atom is 0.335 e. The van der Waals surface area contributed by atoms with Gasteiger partial charge in [0.05, 0.1) is 29.4 Å². The van der Waals surface area contributed by atoms with Crippen molar-refractivity contribution in [1.29, 1.82) is 0 Å². The van der Waals surface area contributed by atoms with E-state index in [1.54, 1.807) is 0 Å². The molecule has 0 aliphatic heterocycles. The van der Waals surface area contributed by atoms with Crippen molar-refractivity contribution >= 4 is 29.2 Å². The van der Waals surface area contributed by atoms with Gasteiger partial charge in [-0.25, -0.2) is 4.79 Å². The van der Waals surface area contributed by atoms with Crippen LogP contribution in [0.3, 0.4) is 0 Å². The van der Waals surface area contributed by atoms with Crippen LogP contribution in [0.4, 0.5) is 5.69 Å². The van der Waals surface area contributed by atoms with E-state index in [1.165, 1.54) is 24.6 Å². The van der Waals surface area contributed by atoms with Crippen LogP contribution >= 0.6 is 11.6 Å². The summed E-state index contributed by atoms with van der Waals surface area (Å²) in [5.41, 5.74) is 0.275. The third-order valence-corrected chi connectivity index (χ3v) is 2.79. The normalized spacial score (nSPS) is 10.3. The number of anilines is 1. The number of amides is 1. The lowest BCUT2D eigenvalue weighted by molar-refractivity contribution is -0.115. The number of nitrogens with zero attached hydrogens (tertiary/aromatic N) is 2. The first-order valence-corrected chi connectivity index (χ1v) is 6.22. The van der Waals surface area contributed by atoms with Crippen molar-refractivity contribution in [3.8, 4) is 0 Å². The molecule has 0 bridgehead atoms. The van der Waals surface area contributed by atoms with Crippen molar-refractivity contribution < 1.29 is 19.2 Å². The summed E-state index contributed by atoms with van der Waals surface area (Å²) in [5.74, 6) is -1.05. The Bertz CT molecular complexity index is 645. The number of nitrogens with one attached hydrogen (secondary N) is 2. The lowest BCUT2D eigenvalue weighted by atomic mass is 10.2. The first-order valence-electron chi connectivity index (χ1n) is 5.85. The zero-order valence-corrected chi connectivity index (χ0v) is 11.4. The molecule has 0 unspecified atom stereocenters. The molecule has 0 spiro atoms. The number of hydrogen-bond donors (Lipinski definition) is 3. The molecule has 110 valence electrons. The summed E-state index contributed by atoms with van der Waals surface area (Å²) in [6.07, 6.45) is 1.19. The van der Waals surface area contributed by atoms with Crippen LogP contribution in [-0.4, -0.2) is 33.7 Å². The Labute approximate surface area is 124 Å². The Kier molecular flexibility index (Phi) is 4.85. The quantitative estimate of drug-likeness (QED) is 0.732. The van der Waals surface area contributed by atoms with E-state index in [9.17, 15) is 9.59 Å². The summed E-state index contributed by atoms with van der Waals surface area (Å²) >= 11 is 5.90. The summed E-state index contributed by atoms with van der Waals surface area (Å²) < 4.78 is 4.54. The van der Waals surface area contributed by atoms with Crippen LogP contribution in [0.1, 0.15) is 16.2 Å². The minimum absolute atomic E-state index is 0.0117. The average Bonchev–Trinajstić information content (AvgIpc) is 2.94. The van der Waals surface area contributed by atoms with E-state index in [4.69, 9.17) is 16.7 Å². The van der Waals surface area contributed by atoms with E-state index >= 15 is 0 Å². The molecule has 0 saturated heterocycles. The number of carbonyl (C=O) groups is 2. The lowest BCUT2D eigenvalue weighted by Crippen LogP contribution is -2.28. The van der Waals surface area contributed by atoms with E-state index in [0.29, 0.717) is 5.82 Å². The number of carboxylic acid groups (broad SMARTS) is 1. The van der Waals surface area contributed by atoms with E-state index in [1.807, 2.05) is 0 Å². The van der Waals surface area contributed by atoms with Crippen LogP contribution < -0.4 is 10.6 Å².